The topological polar surface area (TPSA) is 12.0 Å². The van der Waals surface area contributed by atoms with Crippen molar-refractivity contribution in [3.8, 4) is 12.3 Å². The summed E-state index contributed by atoms with van der Waals surface area (Å²) in [5.41, 5.74) is 0. The minimum absolute atomic E-state index is 0.414. The molecule has 0 spiro atoms. The van der Waals surface area contributed by atoms with Gasteiger partial charge in [0.25, 0.3) is 0 Å². The molecule has 0 saturated heterocycles. The lowest BCUT2D eigenvalue weighted by molar-refractivity contribution is 0.512. The van der Waals surface area contributed by atoms with E-state index in [4.69, 9.17) is 6.42 Å². The number of thiophene rings is 1. The van der Waals surface area contributed by atoms with Crippen molar-refractivity contribution in [2.24, 2.45) is 0 Å². The van der Waals surface area contributed by atoms with Crippen molar-refractivity contribution in [2.75, 3.05) is 6.54 Å². The van der Waals surface area contributed by atoms with Crippen LogP contribution in [-0.2, 0) is 0 Å². The van der Waals surface area contributed by atoms with E-state index in [1.807, 2.05) is 0 Å². The maximum Gasteiger partial charge on any atom is 0.0701 e. The van der Waals surface area contributed by atoms with Crippen LogP contribution in [0.5, 0.6) is 0 Å². The molecular formula is C12H16BrNS. The first-order chi connectivity index (χ1) is 7.27. The van der Waals surface area contributed by atoms with Gasteiger partial charge < -0.3 is 5.32 Å². The average Bonchev–Trinajstić information content (AvgIpc) is 2.65. The van der Waals surface area contributed by atoms with Crippen LogP contribution in [0.25, 0.3) is 0 Å². The molecule has 1 rings (SSSR count). The predicted octanol–water partition coefficient (Wildman–Crippen LogP) is 3.96. The van der Waals surface area contributed by atoms with E-state index < -0.39 is 0 Å². The minimum Gasteiger partial charge on any atom is -0.309 e. The quantitative estimate of drug-likeness (QED) is 0.780. The highest BCUT2D eigenvalue weighted by Gasteiger charge is 2.11. The molecule has 0 aliphatic carbocycles. The van der Waals surface area contributed by atoms with Crippen LogP contribution in [0, 0.1) is 12.3 Å². The van der Waals surface area contributed by atoms with Gasteiger partial charge in [-0.3, -0.25) is 0 Å². The fourth-order valence-corrected chi connectivity index (χ4v) is 2.94. The van der Waals surface area contributed by atoms with Crippen LogP contribution in [-0.4, -0.2) is 6.54 Å². The zero-order chi connectivity index (χ0) is 11.1. The van der Waals surface area contributed by atoms with Gasteiger partial charge in [-0.2, -0.15) is 0 Å². The number of terminal acetylenes is 1. The van der Waals surface area contributed by atoms with Crippen LogP contribution in [0.1, 0.15) is 37.1 Å². The summed E-state index contributed by atoms with van der Waals surface area (Å²) >= 11 is 5.27. The van der Waals surface area contributed by atoms with Gasteiger partial charge in [-0.05, 0) is 47.4 Å². The highest BCUT2D eigenvalue weighted by atomic mass is 79.9. The zero-order valence-corrected chi connectivity index (χ0v) is 11.3. The molecule has 15 heavy (non-hydrogen) atoms. The Morgan fingerprint density at radius 2 is 2.40 bits per heavy atom. The minimum atomic E-state index is 0.414. The molecule has 0 amide bonds. The van der Waals surface area contributed by atoms with Gasteiger partial charge >= 0.3 is 0 Å². The maximum atomic E-state index is 5.31. The molecule has 1 aromatic heterocycles. The Kier molecular flexibility index (Phi) is 6.00. The van der Waals surface area contributed by atoms with Crippen LogP contribution < -0.4 is 5.32 Å². The molecule has 0 radical (unpaired) electrons. The van der Waals surface area contributed by atoms with E-state index in [2.05, 4.69) is 46.2 Å². The summed E-state index contributed by atoms with van der Waals surface area (Å²) in [6.07, 6.45) is 8.30. The fraction of sp³-hybridized carbons (Fsp3) is 0.500. The van der Waals surface area contributed by atoms with E-state index in [-0.39, 0.29) is 0 Å². The van der Waals surface area contributed by atoms with Gasteiger partial charge in [-0.1, -0.05) is 6.92 Å². The average molecular weight is 286 g/mol. The van der Waals surface area contributed by atoms with Crippen LogP contribution in [0.4, 0.5) is 0 Å². The van der Waals surface area contributed by atoms with Crippen molar-refractivity contribution in [1.29, 1.82) is 0 Å². The van der Waals surface area contributed by atoms with Gasteiger partial charge in [-0.15, -0.1) is 23.7 Å². The molecule has 1 unspecified atom stereocenters. The second kappa shape index (κ2) is 7.05. The molecule has 0 aliphatic rings. The van der Waals surface area contributed by atoms with Crippen molar-refractivity contribution in [2.45, 2.75) is 32.2 Å². The number of hydrogen-bond acceptors (Lipinski definition) is 2. The van der Waals surface area contributed by atoms with Gasteiger partial charge in [0.15, 0.2) is 0 Å². The van der Waals surface area contributed by atoms with E-state index in [0.717, 1.165) is 25.8 Å². The molecule has 0 aromatic carbocycles. The third kappa shape index (κ3) is 4.38. The summed E-state index contributed by atoms with van der Waals surface area (Å²) in [5, 5.41) is 3.53. The zero-order valence-electron chi connectivity index (χ0n) is 8.92. The Labute approximate surface area is 104 Å². The molecule has 0 fully saturated rings. The van der Waals surface area contributed by atoms with Crippen molar-refractivity contribution < 1.29 is 0 Å². The second-order valence-electron chi connectivity index (χ2n) is 3.39. The molecule has 3 heteroatoms. The predicted molar refractivity (Wildman–Crippen MR) is 71.1 cm³/mol. The van der Waals surface area contributed by atoms with E-state index in [0.29, 0.717) is 6.04 Å². The monoisotopic (exact) mass is 285 g/mol. The number of rotatable bonds is 6. The van der Waals surface area contributed by atoms with Crippen molar-refractivity contribution in [3.63, 3.8) is 0 Å². The van der Waals surface area contributed by atoms with E-state index in [9.17, 15) is 0 Å². The second-order valence-corrected chi connectivity index (χ2v) is 5.89. The summed E-state index contributed by atoms with van der Waals surface area (Å²) < 4.78 is 1.18. The SMILES string of the molecule is C#CCCC(NCCC)c1ccc(Br)s1. The fourth-order valence-electron chi connectivity index (χ4n) is 1.41. The first-order valence-electron chi connectivity index (χ1n) is 5.20. The van der Waals surface area contributed by atoms with Crippen LogP contribution in [0.3, 0.4) is 0 Å². The van der Waals surface area contributed by atoms with Crippen molar-refractivity contribution in [1.82, 2.24) is 5.32 Å². The largest absolute Gasteiger partial charge is 0.309 e. The molecule has 1 N–H and O–H groups in total. The molecule has 1 heterocycles. The number of halogens is 1. The third-order valence-corrected chi connectivity index (χ3v) is 3.89. The Morgan fingerprint density at radius 1 is 1.60 bits per heavy atom. The smallest absolute Gasteiger partial charge is 0.0701 e. The summed E-state index contributed by atoms with van der Waals surface area (Å²) in [6.45, 7) is 3.22. The van der Waals surface area contributed by atoms with Gasteiger partial charge in [0.05, 0.1) is 3.79 Å². The van der Waals surface area contributed by atoms with Crippen molar-refractivity contribution >= 4 is 27.3 Å². The molecule has 0 bridgehead atoms. The maximum absolute atomic E-state index is 5.31. The Balaban J connectivity index is 2.59. The molecular weight excluding hydrogens is 270 g/mol. The highest BCUT2D eigenvalue weighted by Crippen LogP contribution is 2.29. The molecule has 1 atom stereocenters. The Hall–Kier alpha value is -0.300. The lowest BCUT2D eigenvalue weighted by Crippen LogP contribution is -2.21. The number of hydrogen-bond donors (Lipinski definition) is 1. The summed E-state index contributed by atoms with van der Waals surface area (Å²) in [7, 11) is 0. The van der Waals surface area contributed by atoms with Gasteiger partial charge in [0, 0.05) is 17.3 Å². The molecule has 0 aliphatic heterocycles. The summed E-state index contributed by atoms with van der Waals surface area (Å²) in [6, 6.07) is 4.67. The van der Waals surface area contributed by atoms with Crippen molar-refractivity contribution in [3.05, 3.63) is 20.8 Å². The third-order valence-electron chi connectivity index (χ3n) is 2.16. The Morgan fingerprint density at radius 3 is 2.93 bits per heavy atom. The van der Waals surface area contributed by atoms with Gasteiger partial charge in [0.2, 0.25) is 0 Å². The van der Waals surface area contributed by atoms with Gasteiger partial charge in [0.1, 0.15) is 0 Å². The Bertz CT molecular complexity index is 327. The van der Waals surface area contributed by atoms with Gasteiger partial charge in [-0.25, -0.2) is 0 Å². The summed E-state index contributed by atoms with van der Waals surface area (Å²) in [4.78, 5) is 1.37. The lowest BCUT2D eigenvalue weighted by atomic mass is 10.1. The van der Waals surface area contributed by atoms with Crippen LogP contribution in [0.15, 0.2) is 15.9 Å². The first kappa shape index (κ1) is 12.8. The van der Waals surface area contributed by atoms with Crippen LogP contribution in [0.2, 0.25) is 0 Å². The van der Waals surface area contributed by atoms with Crippen LogP contribution >= 0.6 is 27.3 Å². The summed E-state index contributed by atoms with van der Waals surface area (Å²) in [5.74, 6) is 2.70. The normalized spacial score (nSPS) is 12.3. The standard InChI is InChI=1S/C12H16BrNS/c1-3-5-6-10(14-9-4-2)11-7-8-12(13)15-11/h1,7-8,10,14H,4-6,9H2,2H3. The first-order valence-corrected chi connectivity index (χ1v) is 6.81. The molecule has 1 nitrogen and oxygen atoms in total. The van der Waals surface area contributed by atoms with E-state index in [1.54, 1.807) is 11.3 Å². The van der Waals surface area contributed by atoms with E-state index >= 15 is 0 Å². The molecule has 82 valence electrons. The number of nitrogens with one attached hydrogen (secondary N) is 1. The molecule has 0 saturated carbocycles. The highest BCUT2D eigenvalue weighted by molar-refractivity contribution is 9.11. The molecule has 1 aromatic rings. The lowest BCUT2D eigenvalue weighted by Gasteiger charge is -2.15. The van der Waals surface area contributed by atoms with E-state index in [1.165, 1.54) is 8.66 Å².